The van der Waals surface area contributed by atoms with Gasteiger partial charge in [0.25, 0.3) is 0 Å². The monoisotopic (exact) mass is 474 g/mol. The second kappa shape index (κ2) is 9.81. The highest BCUT2D eigenvalue weighted by Gasteiger charge is 2.06. The number of rotatable bonds is 6. The predicted molar refractivity (Wildman–Crippen MR) is 159 cm³/mol. The second-order valence-corrected chi connectivity index (χ2v) is 10.3. The van der Waals surface area contributed by atoms with Crippen LogP contribution in [-0.2, 0) is 0 Å². The Kier molecular flexibility index (Phi) is 6.43. The van der Waals surface area contributed by atoms with Crippen molar-refractivity contribution < 1.29 is 0 Å². The molecule has 174 valence electrons. The minimum absolute atomic E-state index is 1.21. The second-order valence-electron chi connectivity index (χ2n) is 9.25. The normalized spacial score (nSPS) is 11.8. The first-order valence-corrected chi connectivity index (χ1v) is 12.7. The molecule has 2 nitrogen and oxygen atoms in total. The van der Waals surface area contributed by atoms with Crippen LogP contribution in [-0.4, -0.2) is 28.2 Å². The topological polar surface area (TPSA) is 6.48 Å². The molecular weight excluding hydrogens is 444 g/mol. The lowest BCUT2D eigenvalue weighted by Crippen LogP contribution is -2.07. The molecular formula is C32H30N2S. The molecule has 0 atom stereocenters. The molecule has 1 heterocycles. The lowest BCUT2D eigenvalue weighted by molar-refractivity contribution is 1.13. The lowest BCUT2D eigenvalue weighted by atomic mass is 10.1. The minimum Gasteiger partial charge on any atom is -0.378 e. The van der Waals surface area contributed by atoms with Crippen molar-refractivity contribution >= 4 is 67.2 Å². The van der Waals surface area contributed by atoms with E-state index in [1.54, 1.807) is 0 Å². The first-order valence-electron chi connectivity index (χ1n) is 11.8. The first kappa shape index (κ1) is 22.9. The van der Waals surface area contributed by atoms with Crippen LogP contribution in [0.3, 0.4) is 0 Å². The Labute approximate surface area is 212 Å². The predicted octanol–water partition coefficient (Wildman–Crippen LogP) is 8.53. The SMILES string of the molecule is CN(C)c1ccc(C=Cc2ccc3c(c2)sc2cc(C=Cc4ccc(N(C)C)cc4)ccc23)cc1. The summed E-state index contributed by atoms with van der Waals surface area (Å²) >= 11 is 1.86. The van der Waals surface area contributed by atoms with Crippen molar-refractivity contribution in [2.75, 3.05) is 38.0 Å². The number of hydrogen-bond donors (Lipinski definition) is 0. The van der Waals surface area contributed by atoms with Gasteiger partial charge in [-0.25, -0.2) is 0 Å². The van der Waals surface area contributed by atoms with E-state index >= 15 is 0 Å². The lowest BCUT2D eigenvalue weighted by Gasteiger charge is -2.11. The smallest absolute Gasteiger partial charge is 0.0361 e. The molecule has 35 heavy (non-hydrogen) atoms. The zero-order valence-corrected chi connectivity index (χ0v) is 21.5. The number of thiophene rings is 1. The van der Waals surface area contributed by atoms with Gasteiger partial charge in [-0.15, -0.1) is 11.3 Å². The van der Waals surface area contributed by atoms with Crippen LogP contribution < -0.4 is 9.80 Å². The van der Waals surface area contributed by atoms with Gasteiger partial charge in [-0.05, 0) is 58.7 Å². The van der Waals surface area contributed by atoms with E-state index in [0.717, 1.165) is 0 Å². The van der Waals surface area contributed by atoms with Gasteiger partial charge in [-0.2, -0.15) is 0 Å². The van der Waals surface area contributed by atoms with Crippen LogP contribution in [0.1, 0.15) is 22.3 Å². The third kappa shape index (κ3) is 5.16. The first-order chi connectivity index (χ1) is 17.0. The van der Waals surface area contributed by atoms with E-state index in [-0.39, 0.29) is 0 Å². The standard InChI is InChI=1S/C32H30N2S/c1-33(2)27-15-9-23(10-16-27)5-7-25-13-19-29-30-20-14-26(22-32(30)35-31(29)21-25)8-6-24-11-17-28(18-12-24)34(3)4/h5-22H,1-4H3. The summed E-state index contributed by atoms with van der Waals surface area (Å²) in [4.78, 5) is 4.24. The average Bonchev–Trinajstić information content (AvgIpc) is 3.23. The number of anilines is 2. The highest BCUT2D eigenvalue weighted by atomic mass is 32.1. The Morgan fingerprint density at radius 2 is 0.800 bits per heavy atom. The Morgan fingerprint density at radius 1 is 0.457 bits per heavy atom. The van der Waals surface area contributed by atoms with Crippen molar-refractivity contribution in [1.29, 1.82) is 0 Å². The molecule has 3 heteroatoms. The van der Waals surface area contributed by atoms with Gasteiger partial charge in [0.05, 0.1) is 0 Å². The fraction of sp³-hybridized carbons (Fsp3) is 0.125. The molecule has 0 radical (unpaired) electrons. The highest BCUT2D eigenvalue weighted by molar-refractivity contribution is 7.25. The molecule has 0 amide bonds. The molecule has 0 bridgehead atoms. The van der Waals surface area contributed by atoms with Crippen LogP contribution in [0.2, 0.25) is 0 Å². The average molecular weight is 475 g/mol. The molecule has 5 rings (SSSR count). The Morgan fingerprint density at radius 3 is 1.17 bits per heavy atom. The van der Waals surface area contributed by atoms with Gasteiger partial charge < -0.3 is 9.80 Å². The maximum absolute atomic E-state index is 2.30. The van der Waals surface area contributed by atoms with Crippen molar-refractivity contribution in [2.24, 2.45) is 0 Å². The molecule has 1 aromatic heterocycles. The number of benzene rings is 4. The summed E-state index contributed by atoms with van der Waals surface area (Å²) in [6.07, 6.45) is 8.76. The van der Waals surface area contributed by atoms with E-state index < -0.39 is 0 Å². The Hall–Kier alpha value is -3.82. The number of fused-ring (bicyclic) bond motifs is 3. The molecule has 0 saturated heterocycles. The van der Waals surface area contributed by atoms with Gasteiger partial charge in [0.1, 0.15) is 0 Å². The highest BCUT2D eigenvalue weighted by Crippen LogP contribution is 2.35. The van der Waals surface area contributed by atoms with Crippen molar-refractivity contribution in [1.82, 2.24) is 0 Å². The van der Waals surface area contributed by atoms with E-state index in [1.807, 2.05) is 11.3 Å². The maximum Gasteiger partial charge on any atom is 0.0361 e. The van der Waals surface area contributed by atoms with E-state index in [9.17, 15) is 0 Å². The molecule has 0 unspecified atom stereocenters. The number of nitrogens with zero attached hydrogens (tertiary/aromatic N) is 2. The maximum atomic E-state index is 2.30. The van der Waals surface area contributed by atoms with Crippen LogP contribution in [0.4, 0.5) is 11.4 Å². The Bertz CT molecular complexity index is 1400. The molecule has 0 fully saturated rings. The van der Waals surface area contributed by atoms with Gasteiger partial charge in [0, 0.05) is 59.7 Å². The van der Waals surface area contributed by atoms with E-state index in [4.69, 9.17) is 0 Å². The van der Waals surface area contributed by atoms with Gasteiger partial charge in [-0.1, -0.05) is 72.8 Å². The molecule has 0 spiro atoms. The van der Waals surface area contributed by atoms with Crippen LogP contribution in [0.5, 0.6) is 0 Å². The Balaban J connectivity index is 1.37. The molecule has 0 saturated carbocycles. The van der Waals surface area contributed by atoms with Crippen molar-refractivity contribution in [3.05, 3.63) is 107 Å². The third-order valence-electron chi connectivity index (χ3n) is 6.28. The van der Waals surface area contributed by atoms with Crippen LogP contribution in [0, 0.1) is 0 Å². The van der Waals surface area contributed by atoms with Crippen molar-refractivity contribution in [2.45, 2.75) is 0 Å². The summed E-state index contributed by atoms with van der Waals surface area (Å²) in [5.74, 6) is 0. The van der Waals surface area contributed by atoms with Gasteiger partial charge in [0.15, 0.2) is 0 Å². The summed E-state index contributed by atoms with van der Waals surface area (Å²) in [6.45, 7) is 0. The van der Waals surface area contributed by atoms with Crippen LogP contribution in [0.25, 0.3) is 44.5 Å². The minimum atomic E-state index is 1.21. The van der Waals surface area contributed by atoms with Crippen LogP contribution in [0.15, 0.2) is 84.9 Å². The largest absolute Gasteiger partial charge is 0.378 e. The molecule has 0 aliphatic rings. The summed E-state index contributed by atoms with van der Waals surface area (Å²) in [5.41, 5.74) is 7.29. The van der Waals surface area contributed by atoms with Crippen LogP contribution >= 0.6 is 11.3 Å². The van der Waals surface area contributed by atoms with Gasteiger partial charge in [-0.3, -0.25) is 0 Å². The zero-order chi connectivity index (χ0) is 24.4. The molecule has 0 aliphatic carbocycles. The fourth-order valence-electron chi connectivity index (χ4n) is 4.17. The molecule has 0 N–H and O–H groups in total. The number of hydrogen-bond acceptors (Lipinski definition) is 3. The van der Waals surface area contributed by atoms with Crippen molar-refractivity contribution in [3.63, 3.8) is 0 Å². The van der Waals surface area contributed by atoms with E-state index in [1.165, 1.54) is 53.8 Å². The van der Waals surface area contributed by atoms with E-state index in [0.29, 0.717) is 0 Å². The summed E-state index contributed by atoms with van der Waals surface area (Å²) in [6, 6.07) is 30.8. The molecule has 5 aromatic rings. The van der Waals surface area contributed by atoms with Gasteiger partial charge >= 0.3 is 0 Å². The quantitative estimate of drug-likeness (QED) is 0.228. The summed E-state index contributed by atoms with van der Waals surface area (Å²) in [7, 11) is 8.26. The van der Waals surface area contributed by atoms with E-state index in [2.05, 4.69) is 147 Å². The molecule has 4 aromatic carbocycles. The zero-order valence-electron chi connectivity index (χ0n) is 20.7. The fourth-order valence-corrected chi connectivity index (χ4v) is 5.37. The summed E-state index contributed by atoms with van der Waals surface area (Å²) in [5, 5.41) is 2.65. The van der Waals surface area contributed by atoms with Crippen molar-refractivity contribution in [3.8, 4) is 0 Å². The molecule has 0 aliphatic heterocycles. The van der Waals surface area contributed by atoms with Gasteiger partial charge in [0.2, 0.25) is 0 Å². The summed E-state index contributed by atoms with van der Waals surface area (Å²) < 4.78 is 2.65. The third-order valence-corrected chi connectivity index (χ3v) is 7.39.